The Morgan fingerprint density at radius 3 is 2.92 bits per heavy atom. The molecule has 4 atom stereocenters. The number of amidine groups is 1. The summed E-state index contributed by atoms with van der Waals surface area (Å²) in [5.41, 5.74) is 5.32. The van der Waals surface area contributed by atoms with E-state index >= 15 is 0 Å². The molecule has 0 bridgehead atoms. The number of rotatable bonds is 2. The summed E-state index contributed by atoms with van der Waals surface area (Å²) in [6.07, 6.45) is 3.29. The van der Waals surface area contributed by atoms with Gasteiger partial charge in [0.2, 0.25) is 5.89 Å². The number of fused-ring (bicyclic) bond motifs is 1. The summed E-state index contributed by atoms with van der Waals surface area (Å²) >= 11 is 1.45. The predicted molar refractivity (Wildman–Crippen MR) is 90.0 cm³/mol. The lowest BCUT2D eigenvalue weighted by molar-refractivity contribution is -0.0749. The zero-order chi connectivity index (χ0) is 17.6. The van der Waals surface area contributed by atoms with Gasteiger partial charge in [-0.3, -0.25) is 0 Å². The smallest absolute Gasteiger partial charge is 0.223 e. The number of benzene rings is 1. The Hall–Kier alpha value is -1.93. The van der Waals surface area contributed by atoms with E-state index in [0.29, 0.717) is 23.0 Å². The number of nitrogens with two attached hydrogens (primary N) is 1. The molecule has 0 radical (unpaired) electrons. The summed E-state index contributed by atoms with van der Waals surface area (Å²) in [6, 6.07) is 3.55. The molecule has 1 unspecified atom stereocenters. The topological polar surface area (TPSA) is 73.6 Å². The molecule has 1 aromatic carbocycles. The summed E-state index contributed by atoms with van der Waals surface area (Å²) in [5.74, 6) is -0.832. The summed E-state index contributed by atoms with van der Waals surface area (Å²) in [6.45, 7) is 2.16. The summed E-state index contributed by atoms with van der Waals surface area (Å²) in [4.78, 5) is 8.74. The molecule has 1 aromatic heterocycles. The van der Waals surface area contributed by atoms with Crippen LogP contribution in [0, 0.1) is 17.6 Å². The van der Waals surface area contributed by atoms with Crippen LogP contribution in [0.3, 0.4) is 0 Å². The minimum absolute atomic E-state index is 0.0598. The average molecular weight is 365 g/mol. The Kier molecular flexibility index (Phi) is 4.04. The van der Waals surface area contributed by atoms with Crippen molar-refractivity contribution in [1.82, 2.24) is 4.98 Å². The lowest BCUT2D eigenvalue weighted by Crippen LogP contribution is -2.51. The molecule has 2 aliphatic heterocycles. The maximum absolute atomic E-state index is 14.6. The standard InChI is InChI=1S/C17H17F2N3O2S/c1-9-12-7-14(15-21-4-5-23-15)24-8-17(12,22-16(20)25-9)11-3-2-10(18)6-13(11)19/h2-6,9,12,14H,7-8H2,1H3,(H2,20,22)/t9?,12-,14+,17+/m0/s1. The molecule has 0 spiro atoms. The van der Waals surface area contributed by atoms with Crippen molar-refractivity contribution in [3.8, 4) is 0 Å². The van der Waals surface area contributed by atoms with Crippen molar-refractivity contribution < 1.29 is 17.9 Å². The van der Waals surface area contributed by atoms with E-state index in [1.807, 2.05) is 6.92 Å². The molecule has 0 amide bonds. The molecule has 2 N–H and O–H groups in total. The monoisotopic (exact) mass is 365 g/mol. The Morgan fingerprint density at radius 1 is 1.36 bits per heavy atom. The fraction of sp³-hybridized carbons (Fsp3) is 0.412. The van der Waals surface area contributed by atoms with Crippen molar-refractivity contribution >= 4 is 16.9 Å². The highest BCUT2D eigenvalue weighted by molar-refractivity contribution is 8.14. The van der Waals surface area contributed by atoms with Crippen LogP contribution in [-0.4, -0.2) is 22.0 Å². The first-order chi connectivity index (χ1) is 12.0. The number of ether oxygens (including phenoxy) is 1. The third-order valence-electron chi connectivity index (χ3n) is 4.89. The van der Waals surface area contributed by atoms with Crippen molar-refractivity contribution in [3.05, 3.63) is 53.7 Å². The summed E-state index contributed by atoms with van der Waals surface area (Å²) in [7, 11) is 0. The molecule has 25 heavy (non-hydrogen) atoms. The average Bonchev–Trinajstić information content (AvgIpc) is 3.08. The number of aromatic nitrogens is 1. The van der Waals surface area contributed by atoms with Crippen molar-refractivity contribution in [2.45, 2.75) is 30.2 Å². The summed E-state index contributed by atoms with van der Waals surface area (Å²) in [5, 5.41) is 0.467. The third-order valence-corrected chi connectivity index (χ3v) is 5.93. The second-order valence-corrected chi connectivity index (χ2v) is 7.73. The van der Waals surface area contributed by atoms with E-state index < -0.39 is 17.2 Å². The van der Waals surface area contributed by atoms with Gasteiger partial charge in [0.15, 0.2) is 5.17 Å². The molecular weight excluding hydrogens is 348 g/mol. The van der Waals surface area contributed by atoms with E-state index in [-0.39, 0.29) is 23.9 Å². The van der Waals surface area contributed by atoms with Gasteiger partial charge < -0.3 is 14.9 Å². The van der Waals surface area contributed by atoms with Gasteiger partial charge in [0.25, 0.3) is 0 Å². The lowest BCUT2D eigenvalue weighted by Gasteiger charge is -2.48. The van der Waals surface area contributed by atoms with E-state index in [1.54, 1.807) is 6.20 Å². The van der Waals surface area contributed by atoms with Crippen molar-refractivity contribution in [2.75, 3.05) is 6.61 Å². The van der Waals surface area contributed by atoms with Gasteiger partial charge in [-0.25, -0.2) is 18.8 Å². The van der Waals surface area contributed by atoms with Crippen LogP contribution in [0.15, 0.2) is 40.1 Å². The number of oxazole rings is 1. The van der Waals surface area contributed by atoms with E-state index in [9.17, 15) is 8.78 Å². The van der Waals surface area contributed by atoms with Gasteiger partial charge in [-0.2, -0.15) is 0 Å². The quantitative estimate of drug-likeness (QED) is 0.883. The van der Waals surface area contributed by atoms with E-state index in [1.165, 1.54) is 30.2 Å². The Bertz CT molecular complexity index is 814. The zero-order valence-electron chi connectivity index (χ0n) is 13.5. The van der Waals surface area contributed by atoms with Gasteiger partial charge in [0, 0.05) is 22.8 Å². The van der Waals surface area contributed by atoms with Crippen molar-refractivity contribution in [2.24, 2.45) is 16.6 Å². The number of aliphatic imine (C=N–C) groups is 1. The number of nitrogens with zero attached hydrogens (tertiary/aromatic N) is 2. The first-order valence-electron chi connectivity index (χ1n) is 7.98. The molecule has 2 aliphatic rings. The fourth-order valence-corrected chi connectivity index (χ4v) is 4.86. The predicted octanol–water partition coefficient (Wildman–Crippen LogP) is 3.38. The molecule has 0 saturated carbocycles. The fourth-order valence-electron chi connectivity index (χ4n) is 3.76. The summed E-state index contributed by atoms with van der Waals surface area (Å²) < 4.78 is 39.3. The second kappa shape index (κ2) is 6.10. The normalized spacial score (nSPS) is 32.1. The van der Waals surface area contributed by atoms with Crippen LogP contribution in [0.4, 0.5) is 8.78 Å². The van der Waals surface area contributed by atoms with Crippen molar-refractivity contribution in [3.63, 3.8) is 0 Å². The van der Waals surface area contributed by atoms with Crippen LogP contribution in [0.5, 0.6) is 0 Å². The Morgan fingerprint density at radius 2 is 2.20 bits per heavy atom. The molecule has 3 heterocycles. The maximum atomic E-state index is 14.6. The molecule has 5 nitrogen and oxygen atoms in total. The molecule has 8 heteroatoms. The molecule has 2 aromatic rings. The molecule has 0 aliphatic carbocycles. The number of thioether (sulfide) groups is 1. The van der Waals surface area contributed by atoms with Crippen LogP contribution in [-0.2, 0) is 10.3 Å². The van der Waals surface area contributed by atoms with Gasteiger partial charge in [0.1, 0.15) is 29.5 Å². The highest BCUT2D eigenvalue weighted by atomic mass is 32.2. The highest BCUT2D eigenvalue weighted by Crippen LogP contribution is 2.52. The Labute approximate surface area is 147 Å². The zero-order valence-corrected chi connectivity index (χ0v) is 14.3. The Balaban J connectivity index is 1.78. The van der Waals surface area contributed by atoms with E-state index in [4.69, 9.17) is 14.9 Å². The molecule has 132 valence electrons. The van der Waals surface area contributed by atoms with Crippen LogP contribution >= 0.6 is 11.8 Å². The maximum Gasteiger partial charge on any atom is 0.223 e. The number of hydrogen-bond donors (Lipinski definition) is 1. The van der Waals surface area contributed by atoms with Crippen LogP contribution in [0.1, 0.15) is 30.9 Å². The van der Waals surface area contributed by atoms with Gasteiger partial charge in [-0.15, -0.1) is 0 Å². The highest BCUT2D eigenvalue weighted by Gasteiger charge is 2.52. The van der Waals surface area contributed by atoms with Gasteiger partial charge in [0.05, 0.1) is 12.8 Å². The van der Waals surface area contributed by atoms with E-state index in [0.717, 1.165) is 6.07 Å². The lowest BCUT2D eigenvalue weighted by atomic mass is 9.72. The first-order valence-corrected chi connectivity index (χ1v) is 8.86. The van der Waals surface area contributed by atoms with E-state index in [2.05, 4.69) is 9.98 Å². The minimum atomic E-state index is -0.977. The van der Waals surface area contributed by atoms with Gasteiger partial charge in [-0.1, -0.05) is 24.8 Å². The number of halogens is 2. The first kappa shape index (κ1) is 16.5. The van der Waals surface area contributed by atoms with Gasteiger partial charge in [-0.05, 0) is 12.5 Å². The largest absolute Gasteiger partial charge is 0.446 e. The van der Waals surface area contributed by atoms with Crippen LogP contribution in [0.25, 0.3) is 0 Å². The van der Waals surface area contributed by atoms with Crippen molar-refractivity contribution in [1.29, 1.82) is 0 Å². The third kappa shape index (κ3) is 2.73. The molecular formula is C17H17F2N3O2S. The molecule has 4 rings (SSSR count). The molecule has 1 saturated heterocycles. The number of hydrogen-bond acceptors (Lipinski definition) is 6. The molecule has 1 fully saturated rings. The van der Waals surface area contributed by atoms with Gasteiger partial charge >= 0.3 is 0 Å². The SMILES string of the molecule is CC1SC(N)=N[C@@]2(c3ccc(F)cc3F)CO[C@@H](c3ncco3)C[C@@H]12. The van der Waals surface area contributed by atoms with Crippen LogP contribution in [0.2, 0.25) is 0 Å². The van der Waals surface area contributed by atoms with Crippen LogP contribution < -0.4 is 5.73 Å². The second-order valence-electron chi connectivity index (χ2n) is 6.33. The minimum Gasteiger partial charge on any atom is -0.446 e.